The van der Waals surface area contributed by atoms with Crippen molar-refractivity contribution in [2.75, 3.05) is 24.7 Å². The van der Waals surface area contributed by atoms with Gasteiger partial charge in [0.25, 0.3) is 0 Å². The number of aliphatic hydroxyl groups excluding tert-OH is 1. The Bertz CT molecular complexity index is 2170. The van der Waals surface area contributed by atoms with Crippen LogP contribution in [0.5, 0.6) is 0 Å². The Morgan fingerprint density at radius 2 is 1.83 bits per heavy atom. The van der Waals surface area contributed by atoms with E-state index in [1.54, 1.807) is 13.8 Å². The first-order valence-corrected chi connectivity index (χ1v) is 21.6. The summed E-state index contributed by atoms with van der Waals surface area (Å²) < 4.78 is 59.7. The van der Waals surface area contributed by atoms with Gasteiger partial charge >= 0.3 is 27.3 Å². The largest absolute Gasteiger partial charge is 0.472 e. The van der Waals surface area contributed by atoms with Crippen molar-refractivity contribution >= 4 is 67.2 Å². The topological polar surface area (TPSA) is 364 Å². The van der Waals surface area contributed by atoms with Gasteiger partial charge < -0.3 is 50.8 Å². The molecule has 2 aliphatic heterocycles. The fourth-order valence-electron chi connectivity index (χ4n) is 5.99. The Kier molecular flexibility index (Phi) is 15.2. The first-order chi connectivity index (χ1) is 27.7. The third-order valence-electron chi connectivity index (χ3n) is 8.58. The number of hydrogen-bond acceptors (Lipinski definition) is 20. The highest BCUT2D eigenvalue weighted by atomic mass is 32.2. The van der Waals surface area contributed by atoms with Crippen LogP contribution in [0.3, 0.4) is 0 Å². The summed E-state index contributed by atoms with van der Waals surface area (Å²) in [6, 6.07) is -0.262. The number of allylic oxidation sites excluding steroid dienone is 1. The number of ether oxygens (including phenoxy) is 3. The highest BCUT2D eigenvalue weighted by Gasteiger charge is 2.50. The highest BCUT2D eigenvalue weighted by Crippen LogP contribution is 2.50. The van der Waals surface area contributed by atoms with Crippen LogP contribution >= 0.6 is 27.4 Å². The van der Waals surface area contributed by atoms with Crippen molar-refractivity contribution in [2.24, 2.45) is 0 Å². The number of nitrogens with two attached hydrogens (primary N) is 2. The van der Waals surface area contributed by atoms with Crippen LogP contribution in [0.2, 0.25) is 0 Å². The van der Waals surface area contributed by atoms with Crippen molar-refractivity contribution in [3.63, 3.8) is 0 Å². The lowest BCUT2D eigenvalue weighted by Gasteiger charge is -2.25. The molecule has 2 unspecified atom stereocenters. The lowest BCUT2D eigenvalue weighted by Crippen LogP contribution is -2.47. The van der Waals surface area contributed by atoms with Crippen LogP contribution in [0, 0.1) is 0 Å². The highest BCUT2D eigenvalue weighted by molar-refractivity contribution is 8.14. The molecule has 28 heteroatoms. The summed E-state index contributed by atoms with van der Waals surface area (Å²) in [4.78, 5) is 96.9. The van der Waals surface area contributed by atoms with Crippen molar-refractivity contribution < 1.29 is 71.1 Å². The number of phosphoric acid groups is 2. The van der Waals surface area contributed by atoms with Crippen LogP contribution in [0.25, 0.3) is 11.2 Å². The predicted octanol–water partition coefficient (Wildman–Crippen LogP) is -0.174. The lowest BCUT2D eigenvalue weighted by molar-refractivity contribution is -0.160. The number of carbonyl (C=O) groups excluding carboxylic acids is 3. The van der Waals surface area contributed by atoms with E-state index in [1.165, 1.54) is 29.2 Å². The molecule has 2 fully saturated rings. The Balaban J connectivity index is 1.38. The minimum Gasteiger partial charge on any atom is -0.455 e. The number of aromatic nitrogens is 6. The zero-order valence-electron chi connectivity index (χ0n) is 31.4. The second kappa shape index (κ2) is 19.5. The average Bonchev–Trinajstić information content (AvgIpc) is 3.83. The molecule has 9 N–H and O–H groups in total. The first kappa shape index (κ1) is 45.9. The molecule has 5 rings (SSSR count). The normalized spacial score (nSPS) is 24.8. The van der Waals surface area contributed by atoms with E-state index in [9.17, 15) is 48.1 Å². The summed E-state index contributed by atoms with van der Waals surface area (Å²) in [5.74, 6) is -1.89. The number of fused-ring (bicyclic) bond motifs is 1. The minimum atomic E-state index is -5.24. The number of phosphoric ester groups is 2. The molecule has 5 heterocycles. The van der Waals surface area contributed by atoms with Gasteiger partial charge in [-0.15, -0.1) is 6.58 Å². The summed E-state index contributed by atoms with van der Waals surface area (Å²) in [6.07, 6.45) is -6.33. The first-order valence-electron chi connectivity index (χ1n) is 17.7. The number of amides is 1. The van der Waals surface area contributed by atoms with Crippen LogP contribution in [-0.2, 0) is 51.3 Å². The Hall–Kier alpha value is -4.17. The quantitative estimate of drug-likeness (QED) is 0.0466. The van der Waals surface area contributed by atoms with Gasteiger partial charge in [0.2, 0.25) is 5.91 Å². The molecule has 0 bridgehead atoms. The molecular weight excluding hydrogens is 848 g/mol. The number of anilines is 2. The number of hydrogen-bond donors (Lipinski definition) is 7. The maximum atomic E-state index is 13.7. The summed E-state index contributed by atoms with van der Waals surface area (Å²) >= 11 is 0.924. The third-order valence-corrected chi connectivity index (χ3v) is 11.0. The number of nitrogens with zero attached hydrogens (tertiary/aromatic N) is 6. The van der Waals surface area contributed by atoms with E-state index in [-0.39, 0.29) is 47.3 Å². The minimum absolute atomic E-state index is 0.0124. The van der Waals surface area contributed by atoms with Crippen LogP contribution in [0.4, 0.5) is 11.6 Å². The molecule has 0 spiro atoms. The van der Waals surface area contributed by atoms with Gasteiger partial charge in [-0.05, 0) is 12.5 Å². The van der Waals surface area contributed by atoms with Gasteiger partial charge in [0.1, 0.15) is 54.3 Å². The number of rotatable bonds is 19. The van der Waals surface area contributed by atoms with Crippen LogP contribution in [0.15, 0.2) is 42.4 Å². The zero-order chi connectivity index (χ0) is 43.2. The molecule has 3 aromatic heterocycles. The molecule has 9 atom stereocenters. The molecule has 2 saturated heterocycles. The number of aliphatic hydroxyl groups is 1. The maximum Gasteiger partial charge on any atom is 0.472 e. The average molecular weight is 892 g/mol. The van der Waals surface area contributed by atoms with E-state index in [2.05, 4.69) is 36.4 Å². The summed E-state index contributed by atoms with van der Waals surface area (Å²) in [7, 11) is -10.3. The second-order valence-corrected chi connectivity index (χ2v) is 17.6. The molecule has 0 radical (unpaired) electrons. The third kappa shape index (κ3) is 12.2. The molecule has 59 heavy (non-hydrogen) atoms. The van der Waals surface area contributed by atoms with Crippen LogP contribution in [-0.4, -0.2) is 121 Å². The molecule has 0 aliphatic carbocycles. The Morgan fingerprint density at radius 1 is 1.10 bits per heavy atom. The van der Waals surface area contributed by atoms with E-state index in [4.69, 9.17) is 34.7 Å². The SMILES string of the molecule is C=CCCC(=O)NC(CC(=O)SC(C)C)C(=O)O[C@H]1[C@@H](O)[C@H](n2cnc3c(N)ncnc32)O[C@H]1COP(=O)(O)O[C@H]1C[C@H](n2ccc(N)nc2=O)O[C@@H]1COP(=O)(O)O. The van der Waals surface area contributed by atoms with E-state index in [0.29, 0.717) is 0 Å². The second-order valence-electron chi connectivity index (χ2n) is 13.3. The van der Waals surface area contributed by atoms with Gasteiger partial charge in [0.15, 0.2) is 28.9 Å². The van der Waals surface area contributed by atoms with E-state index in [1.807, 2.05) is 0 Å². The number of nitrogen functional groups attached to an aromatic ring is 2. The monoisotopic (exact) mass is 891 g/mol. The van der Waals surface area contributed by atoms with Gasteiger partial charge in [-0.3, -0.25) is 32.3 Å². The molecule has 0 saturated carbocycles. The van der Waals surface area contributed by atoms with Crippen molar-refractivity contribution in [3.8, 4) is 0 Å². The summed E-state index contributed by atoms with van der Waals surface area (Å²) in [5.41, 5.74) is 10.8. The van der Waals surface area contributed by atoms with Crippen molar-refractivity contribution in [2.45, 2.75) is 93.8 Å². The van der Waals surface area contributed by atoms with Gasteiger partial charge in [-0.2, -0.15) is 4.98 Å². The number of carbonyl (C=O) groups is 3. The van der Waals surface area contributed by atoms with Crippen molar-refractivity contribution in [1.29, 1.82) is 0 Å². The fourth-order valence-corrected chi connectivity index (χ4v) is 8.08. The fraction of sp³-hybridized carbons (Fsp3) is 0.548. The van der Waals surface area contributed by atoms with Gasteiger partial charge in [0, 0.05) is 30.7 Å². The molecule has 0 aromatic carbocycles. The zero-order valence-corrected chi connectivity index (χ0v) is 34.0. The summed E-state index contributed by atoms with van der Waals surface area (Å²) in [6.45, 7) is 5.28. The van der Waals surface area contributed by atoms with Crippen molar-refractivity contribution in [1.82, 2.24) is 34.4 Å². The van der Waals surface area contributed by atoms with Crippen LogP contribution < -0.4 is 22.5 Å². The maximum absolute atomic E-state index is 13.7. The Morgan fingerprint density at radius 3 is 2.51 bits per heavy atom. The predicted molar refractivity (Wildman–Crippen MR) is 203 cm³/mol. The van der Waals surface area contributed by atoms with E-state index in [0.717, 1.165) is 22.7 Å². The molecular formula is C31H43N9O16P2S. The van der Waals surface area contributed by atoms with E-state index >= 15 is 0 Å². The summed E-state index contributed by atoms with van der Waals surface area (Å²) in [5, 5.41) is 13.5. The van der Waals surface area contributed by atoms with Crippen LogP contribution in [0.1, 0.15) is 52.0 Å². The molecule has 1 amide bonds. The van der Waals surface area contributed by atoms with Gasteiger partial charge in [-0.1, -0.05) is 31.7 Å². The molecule has 324 valence electrons. The molecule has 25 nitrogen and oxygen atoms in total. The van der Waals surface area contributed by atoms with E-state index < -0.39 is 107 Å². The number of nitrogens with one attached hydrogen (secondary N) is 1. The number of esters is 1. The molecule has 3 aromatic rings. The standard InChI is InChI=1S/C31H43N9O16P2S/c1-4-5-6-21(41)37-16(9-23(42)59-15(2)3)30(44)55-26-19(54-29(25(26)43)40-14-36-24-27(33)34-13-35-28(24)40)12-52-58(49,50)56-17-10-22(39-8-7-20(32)38-31(39)45)53-18(17)11-51-57(46,47)48/h4,7-8,13-19,22,25-26,29,43H,1,5-6,9-12H2,2-3H3,(H,37,41)(H,49,50)(H2,32,38,45)(H2,33,34,35)(H2,46,47,48)/t16?,17-,18+,19-,22+,25+,26+,29+/m0/s1. The lowest BCUT2D eigenvalue weighted by atomic mass is 10.1. The van der Waals surface area contributed by atoms with Gasteiger partial charge in [0.05, 0.1) is 19.5 Å². The smallest absolute Gasteiger partial charge is 0.455 e. The van der Waals surface area contributed by atoms with Crippen molar-refractivity contribution in [3.05, 3.63) is 48.1 Å². The Labute approximate surface area is 338 Å². The number of thioether (sulfide) groups is 1. The molecule has 2 aliphatic rings. The number of imidazole rings is 1. The van der Waals surface area contributed by atoms with Gasteiger partial charge in [-0.25, -0.2) is 33.7 Å².